The minimum Gasteiger partial charge on any atom is -0.509 e. The molecular weight excluding hydrogens is 779 g/mol. The molecule has 0 atom stereocenters. The minimum atomic E-state index is 0. The summed E-state index contributed by atoms with van der Waals surface area (Å²) >= 11 is 0. The molecule has 6 heteroatoms. The predicted octanol–water partition coefficient (Wildman–Crippen LogP) is 13.3. The van der Waals surface area contributed by atoms with Crippen molar-refractivity contribution in [1.82, 2.24) is 19.3 Å². The van der Waals surface area contributed by atoms with Crippen LogP contribution in [-0.2, 0) is 33.3 Å². The molecule has 0 aliphatic heterocycles. The zero-order valence-electron chi connectivity index (χ0n) is 33.2. The molecule has 0 saturated heterocycles. The number of fused-ring (bicyclic) bond motifs is 3. The van der Waals surface area contributed by atoms with Gasteiger partial charge in [0.15, 0.2) is 0 Å². The van der Waals surface area contributed by atoms with Gasteiger partial charge in [-0.3, -0.25) is 4.68 Å². The first kappa shape index (κ1) is 38.4. The smallest absolute Gasteiger partial charge is 0.509 e. The SMILES string of the molecule is CCc1nn(-c2[c-]c(Oc3[c-]c4c(cc3)c3ccccc3n4-c3cc(C)ccn3)ccc2)c(CC)c1-c1c(C2CCCCC2)cc(C)cc1C1CCCCC1.[Pd+2]. The van der Waals surface area contributed by atoms with E-state index in [0.29, 0.717) is 23.3 Å². The van der Waals surface area contributed by atoms with Crippen LogP contribution in [0, 0.1) is 26.0 Å². The van der Waals surface area contributed by atoms with Crippen LogP contribution in [0.1, 0.15) is 124 Å². The summed E-state index contributed by atoms with van der Waals surface area (Å²) < 4.78 is 11.0. The van der Waals surface area contributed by atoms with E-state index in [-0.39, 0.29) is 20.4 Å². The molecule has 0 radical (unpaired) electrons. The van der Waals surface area contributed by atoms with Gasteiger partial charge in [0.25, 0.3) is 0 Å². The molecule has 2 aliphatic rings. The maximum absolute atomic E-state index is 6.60. The molecule has 3 heterocycles. The van der Waals surface area contributed by atoms with Crippen LogP contribution in [-0.4, -0.2) is 19.3 Å². The van der Waals surface area contributed by atoms with Gasteiger partial charge in [0.05, 0.1) is 5.69 Å². The molecule has 0 bridgehead atoms. The monoisotopic (exact) mass is 830 g/mol. The number of hydrogen-bond donors (Lipinski definition) is 0. The first-order chi connectivity index (χ1) is 27.0. The summed E-state index contributed by atoms with van der Waals surface area (Å²) in [6.07, 6.45) is 16.8. The number of rotatable bonds is 9. The van der Waals surface area contributed by atoms with Gasteiger partial charge in [-0.15, -0.1) is 35.7 Å². The molecule has 9 rings (SSSR count). The molecule has 288 valence electrons. The fourth-order valence-electron chi connectivity index (χ4n) is 9.72. The van der Waals surface area contributed by atoms with E-state index in [1.165, 1.54) is 92.3 Å². The normalized spacial score (nSPS) is 15.4. The Bertz CT molecular complexity index is 2460. The first-order valence-electron chi connectivity index (χ1n) is 20.8. The maximum atomic E-state index is 6.60. The van der Waals surface area contributed by atoms with Gasteiger partial charge in [-0.05, 0) is 116 Å². The molecule has 7 aromatic rings. The van der Waals surface area contributed by atoms with Crippen molar-refractivity contribution in [2.24, 2.45) is 0 Å². The van der Waals surface area contributed by atoms with Crippen LogP contribution in [0.3, 0.4) is 0 Å². The molecule has 0 amide bonds. The van der Waals surface area contributed by atoms with Gasteiger partial charge in [0, 0.05) is 34.5 Å². The third-order valence-electron chi connectivity index (χ3n) is 12.3. The Morgan fingerprint density at radius 3 is 2.05 bits per heavy atom. The molecule has 4 aromatic carbocycles. The standard InChI is InChI=1S/C50H52N4O.Pd/c1-5-44-50(49-42(35-16-9-7-10-17-35)28-34(4)29-43(49)36-18-11-8-12-19-36)45(6-2)54(52-44)37-20-15-21-38(31-37)55-39-24-25-41-40-22-13-14-23-46(40)53(47(41)32-39)48-30-33(3)26-27-51-48;/h13-15,20-30,35-36H,5-12,16-19H2,1-4H3;/q-2;+2. The van der Waals surface area contributed by atoms with Crippen molar-refractivity contribution in [3.8, 4) is 34.1 Å². The van der Waals surface area contributed by atoms with Gasteiger partial charge in [0.2, 0.25) is 0 Å². The van der Waals surface area contributed by atoms with Crippen LogP contribution in [0.25, 0.3) is 44.4 Å². The number of aryl methyl sites for hydroxylation is 3. The fourth-order valence-corrected chi connectivity index (χ4v) is 9.72. The largest absolute Gasteiger partial charge is 2.00 e. The molecule has 5 nitrogen and oxygen atoms in total. The first-order valence-corrected chi connectivity index (χ1v) is 20.8. The summed E-state index contributed by atoms with van der Waals surface area (Å²) in [5.74, 6) is 3.37. The van der Waals surface area contributed by atoms with Crippen molar-refractivity contribution in [1.29, 1.82) is 0 Å². The van der Waals surface area contributed by atoms with Gasteiger partial charge in [-0.2, -0.15) is 17.2 Å². The third-order valence-corrected chi connectivity index (χ3v) is 12.3. The average molecular weight is 831 g/mol. The summed E-state index contributed by atoms with van der Waals surface area (Å²) in [6, 6.07) is 35.3. The van der Waals surface area contributed by atoms with Crippen molar-refractivity contribution in [2.45, 2.75) is 117 Å². The van der Waals surface area contributed by atoms with E-state index in [0.717, 1.165) is 51.7 Å². The van der Waals surface area contributed by atoms with Crippen LogP contribution >= 0.6 is 0 Å². The molecule has 0 spiro atoms. The van der Waals surface area contributed by atoms with Gasteiger partial charge in [-0.25, -0.2) is 4.98 Å². The van der Waals surface area contributed by atoms with Crippen LogP contribution in [0.2, 0.25) is 0 Å². The fraction of sp³-hybridized carbons (Fsp3) is 0.360. The van der Waals surface area contributed by atoms with E-state index in [9.17, 15) is 0 Å². The number of ether oxygens (including phenoxy) is 1. The second-order valence-corrected chi connectivity index (χ2v) is 16.0. The number of aromatic nitrogens is 4. The molecule has 3 aromatic heterocycles. The Kier molecular flexibility index (Phi) is 11.3. The van der Waals surface area contributed by atoms with Crippen LogP contribution in [0.15, 0.2) is 85.1 Å². The van der Waals surface area contributed by atoms with Gasteiger partial charge >= 0.3 is 20.4 Å². The number of nitrogens with zero attached hydrogens (tertiary/aromatic N) is 4. The molecule has 0 N–H and O–H groups in total. The molecule has 2 saturated carbocycles. The van der Waals surface area contributed by atoms with E-state index in [2.05, 4.69) is 110 Å². The molecule has 2 fully saturated rings. The van der Waals surface area contributed by atoms with Gasteiger partial charge in [0.1, 0.15) is 5.82 Å². The van der Waals surface area contributed by atoms with E-state index in [4.69, 9.17) is 14.8 Å². The van der Waals surface area contributed by atoms with Crippen molar-refractivity contribution in [2.75, 3.05) is 0 Å². The Morgan fingerprint density at radius 1 is 0.679 bits per heavy atom. The Labute approximate surface area is 346 Å². The quantitative estimate of drug-likeness (QED) is 0.108. The minimum absolute atomic E-state index is 0. The Balaban J connectivity index is 0.00000441. The Hall–Kier alpha value is -4.50. The number of benzene rings is 4. The van der Waals surface area contributed by atoms with Crippen molar-refractivity contribution in [3.63, 3.8) is 0 Å². The van der Waals surface area contributed by atoms with E-state index >= 15 is 0 Å². The maximum Gasteiger partial charge on any atom is 2.00 e. The number of hydrogen-bond acceptors (Lipinski definition) is 3. The summed E-state index contributed by atoms with van der Waals surface area (Å²) in [4.78, 5) is 4.75. The topological polar surface area (TPSA) is 44.9 Å². The zero-order chi connectivity index (χ0) is 37.5. The molecular formula is C50H52N4OPd. The summed E-state index contributed by atoms with van der Waals surface area (Å²) in [5, 5.41) is 7.70. The molecule has 2 aliphatic carbocycles. The number of pyridine rings is 1. The third kappa shape index (κ3) is 7.16. The van der Waals surface area contributed by atoms with Crippen molar-refractivity contribution >= 4 is 21.8 Å². The van der Waals surface area contributed by atoms with Crippen molar-refractivity contribution in [3.05, 3.63) is 131 Å². The predicted molar refractivity (Wildman–Crippen MR) is 225 cm³/mol. The van der Waals surface area contributed by atoms with E-state index in [1.54, 1.807) is 11.1 Å². The molecule has 0 unspecified atom stereocenters. The summed E-state index contributed by atoms with van der Waals surface area (Å²) in [6.45, 7) is 8.98. The van der Waals surface area contributed by atoms with E-state index in [1.807, 2.05) is 24.4 Å². The van der Waals surface area contributed by atoms with Crippen molar-refractivity contribution < 1.29 is 25.2 Å². The summed E-state index contributed by atoms with van der Waals surface area (Å²) in [7, 11) is 0. The van der Waals surface area contributed by atoms with Crippen LogP contribution in [0.5, 0.6) is 11.5 Å². The van der Waals surface area contributed by atoms with Gasteiger partial charge in [-0.1, -0.05) is 93.8 Å². The van der Waals surface area contributed by atoms with Gasteiger partial charge < -0.3 is 9.30 Å². The Morgan fingerprint density at radius 2 is 1.38 bits per heavy atom. The second-order valence-electron chi connectivity index (χ2n) is 16.0. The summed E-state index contributed by atoms with van der Waals surface area (Å²) in [5.41, 5.74) is 14.0. The van der Waals surface area contributed by atoms with E-state index < -0.39 is 0 Å². The number of para-hydroxylation sites is 1. The van der Waals surface area contributed by atoms with Crippen LogP contribution in [0.4, 0.5) is 0 Å². The zero-order valence-corrected chi connectivity index (χ0v) is 34.8. The van der Waals surface area contributed by atoms with Crippen LogP contribution < -0.4 is 4.74 Å². The second kappa shape index (κ2) is 16.5. The average Bonchev–Trinajstić information content (AvgIpc) is 3.76. The molecule has 56 heavy (non-hydrogen) atoms.